The minimum absolute atomic E-state index is 0.0873. The van der Waals surface area contributed by atoms with E-state index in [-0.39, 0.29) is 22.8 Å². The average molecular weight is 558 g/mol. The number of methoxy groups -OCH3 is 2. The first-order chi connectivity index (χ1) is 16.6. The van der Waals surface area contributed by atoms with Gasteiger partial charge in [-0.25, -0.2) is 8.42 Å². The molecule has 0 atom stereocenters. The van der Waals surface area contributed by atoms with E-state index in [1.54, 1.807) is 36.4 Å². The Kier molecular flexibility index (Phi) is 8.77. The Morgan fingerprint density at radius 3 is 2.20 bits per heavy atom. The van der Waals surface area contributed by atoms with Crippen LogP contribution in [0.2, 0.25) is 15.1 Å². The molecule has 0 fully saturated rings. The number of nitrogens with one attached hydrogen (secondary N) is 1. The van der Waals surface area contributed by atoms with Gasteiger partial charge in [0, 0.05) is 34.6 Å². The molecular weight excluding hydrogens is 535 g/mol. The third kappa shape index (κ3) is 5.95. The van der Waals surface area contributed by atoms with Gasteiger partial charge in [-0.1, -0.05) is 40.9 Å². The second-order valence-electron chi connectivity index (χ2n) is 7.35. The molecule has 0 aromatic heterocycles. The molecular formula is C24H23Cl3N2O5S. The number of likely N-dealkylation sites (N-methyl/N-ethyl adjacent to an activating group) is 1. The summed E-state index contributed by atoms with van der Waals surface area (Å²) >= 11 is 19.0. The van der Waals surface area contributed by atoms with E-state index in [1.165, 1.54) is 39.5 Å². The fraction of sp³-hybridized carbons (Fsp3) is 0.208. The van der Waals surface area contributed by atoms with E-state index in [2.05, 4.69) is 5.32 Å². The van der Waals surface area contributed by atoms with Gasteiger partial charge in [0.05, 0.1) is 24.8 Å². The molecule has 0 saturated heterocycles. The molecule has 3 aromatic carbocycles. The third-order valence-electron chi connectivity index (χ3n) is 5.25. The molecule has 3 aromatic rings. The predicted octanol–water partition coefficient (Wildman–Crippen LogP) is 5.20. The maximum absolute atomic E-state index is 13.8. The number of hydrogen-bond acceptors (Lipinski definition) is 5. The largest absolute Gasteiger partial charge is 0.493 e. The minimum Gasteiger partial charge on any atom is -0.493 e. The molecule has 11 heteroatoms. The van der Waals surface area contributed by atoms with Crippen molar-refractivity contribution in [3.8, 4) is 11.5 Å². The van der Waals surface area contributed by atoms with Crippen molar-refractivity contribution in [1.29, 1.82) is 0 Å². The summed E-state index contributed by atoms with van der Waals surface area (Å²) in [4.78, 5) is 12.3. The molecule has 0 spiro atoms. The Bertz CT molecular complexity index is 1330. The zero-order valence-corrected chi connectivity index (χ0v) is 22.2. The van der Waals surface area contributed by atoms with Crippen LogP contribution < -0.4 is 19.1 Å². The van der Waals surface area contributed by atoms with Crippen LogP contribution >= 0.6 is 34.8 Å². The highest BCUT2D eigenvalue weighted by molar-refractivity contribution is 7.92. The lowest BCUT2D eigenvalue weighted by atomic mass is 10.0. The molecule has 0 aliphatic rings. The van der Waals surface area contributed by atoms with E-state index in [0.717, 1.165) is 4.31 Å². The molecule has 0 unspecified atom stereocenters. The SMILES string of the molecule is CNC(=O)CN(c1ccc(Cl)cc1Cc1c(Cl)cccc1Cl)S(=O)(=O)c1ccc(OC)c(OC)c1. The lowest BCUT2D eigenvalue weighted by molar-refractivity contribution is -0.119. The van der Waals surface area contributed by atoms with Crippen LogP contribution in [0.5, 0.6) is 11.5 Å². The van der Waals surface area contributed by atoms with Crippen molar-refractivity contribution in [2.75, 3.05) is 32.1 Å². The van der Waals surface area contributed by atoms with Gasteiger partial charge in [-0.05, 0) is 53.6 Å². The van der Waals surface area contributed by atoms with E-state index in [4.69, 9.17) is 44.3 Å². The van der Waals surface area contributed by atoms with Crippen LogP contribution in [0.1, 0.15) is 11.1 Å². The molecule has 0 heterocycles. The lowest BCUT2D eigenvalue weighted by Crippen LogP contribution is -2.40. The van der Waals surface area contributed by atoms with Crippen LogP contribution in [0.25, 0.3) is 0 Å². The number of amides is 1. The third-order valence-corrected chi connectivity index (χ3v) is 7.95. The summed E-state index contributed by atoms with van der Waals surface area (Å²) in [6.45, 7) is -0.474. The number of benzene rings is 3. The average Bonchev–Trinajstić information content (AvgIpc) is 2.84. The molecule has 7 nitrogen and oxygen atoms in total. The molecule has 3 rings (SSSR count). The van der Waals surface area contributed by atoms with Gasteiger partial charge in [-0.3, -0.25) is 9.10 Å². The van der Waals surface area contributed by atoms with Gasteiger partial charge in [0.25, 0.3) is 10.0 Å². The summed E-state index contributed by atoms with van der Waals surface area (Å²) < 4.78 is 39.2. The van der Waals surface area contributed by atoms with Crippen molar-refractivity contribution in [1.82, 2.24) is 5.32 Å². The first-order valence-electron chi connectivity index (χ1n) is 10.3. The molecule has 1 amide bonds. The zero-order chi connectivity index (χ0) is 25.8. The van der Waals surface area contributed by atoms with Gasteiger partial charge in [0.15, 0.2) is 11.5 Å². The maximum atomic E-state index is 13.8. The van der Waals surface area contributed by atoms with Crippen LogP contribution in [0.4, 0.5) is 5.69 Å². The van der Waals surface area contributed by atoms with Gasteiger partial charge in [0.2, 0.25) is 5.91 Å². The first-order valence-corrected chi connectivity index (χ1v) is 12.9. The second-order valence-corrected chi connectivity index (χ2v) is 10.5. The smallest absolute Gasteiger partial charge is 0.264 e. The summed E-state index contributed by atoms with van der Waals surface area (Å²) in [7, 11) is 0.0417. The molecule has 0 saturated carbocycles. The maximum Gasteiger partial charge on any atom is 0.264 e. The monoisotopic (exact) mass is 556 g/mol. The van der Waals surface area contributed by atoms with Gasteiger partial charge in [-0.15, -0.1) is 0 Å². The fourth-order valence-electron chi connectivity index (χ4n) is 3.44. The Morgan fingerprint density at radius 1 is 0.943 bits per heavy atom. The summed E-state index contributed by atoms with van der Waals surface area (Å²) in [5, 5.41) is 3.70. The number of halogens is 3. The number of sulfonamides is 1. The Balaban J connectivity index is 2.19. The summed E-state index contributed by atoms with van der Waals surface area (Å²) in [5.41, 5.74) is 1.37. The molecule has 186 valence electrons. The van der Waals surface area contributed by atoms with Crippen molar-refractivity contribution in [3.63, 3.8) is 0 Å². The highest BCUT2D eigenvalue weighted by Crippen LogP contribution is 2.36. The van der Waals surface area contributed by atoms with Crippen molar-refractivity contribution < 1.29 is 22.7 Å². The number of nitrogens with zero attached hydrogens (tertiary/aromatic N) is 1. The van der Waals surface area contributed by atoms with Gasteiger partial charge >= 0.3 is 0 Å². The quantitative estimate of drug-likeness (QED) is 0.391. The van der Waals surface area contributed by atoms with E-state index >= 15 is 0 Å². The predicted molar refractivity (Wildman–Crippen MR) is 139 cm³/mol. The molecule has 0 bridgehead atoms. The van der Waals surface area contributed by atoms with Crippen molar-refractivity contribution in [3.05, 3.63) is 80.8 Å². The van der Waals surface area contributed by atoms with Crippen LogP contribution in [0.3, 0.4) is 0 Å². The Morgan fingerprint density at radius 2 is 1.60 bits per heavy atom. The minimum atomic E-state index is -4.24. The Labute approximate surface area is 219 Å². The van der Waals surface area contributed by atoms with Crippen molar-refractivity contribution >= 4 is 56.4 Å². The number of anilines is 1. The Hall–Kier alpha value is -2.65. The number of rotatable bonds is 9. The number of hydrogen-bond donors (Lipinski definition) is 1. The second kappa shape index (κ2) is 11.4. The number of carbonyl (C=O) groups excluding carboxylic acids is 1. The first kappa shape index (κ1) is 26.9. The van der Waals surface area contributed by atoms with E-state index in [9.17, 15) is 13.2 Å². The normalized spacial score (nSPS) is 11.1. The van der Waals surface area contributed by atoms with Crippen LogP contribution in [-0.2, 0) is 21.2 Å². The number of carbonyl (C=O) groups is 1. The molecule has 0 aliphatic heterocycles. The van der Waals surface area contributed by atoms with E-state index in [0.29, 0.717) is 31.9 Å². The topological polar surface area (TPSA) is 84.9 Å². The molecule has 35 heavy (non-hydrogen) atoms. The number of ether oxygens (including phenoxy) is 2. The zero-order valence-electron chi connectivity index (χ0n) is 19.1. The van der Waals surface area contributed by atoms with Gasteiger partial charge in [0.1, 0.15) is 6.54 Å². The van der Waals surface area contributed by atoms with E-state index in [1.807, 2.05) is 0 Å². The van der Waals surface area contributed by atoms with E-state index < -0.39 is 22.5 Å². The van der Waals surface area contributed by atoms with Crippen molar-refractivity contribution in [2.45, 2.75) is 11.3 Å². The standard InChI is InChI=1S/C24H23Cl3N2O5S/c1-28-24(30)14-29(35(31,32)17-8-10-22(33-2)23(13-17)34-3)21-9-7-16(25)11-15(21)12-18-19(26)5-4-6-20(18)27/h4-11,13H,12,14H2,1-3H3,(H,28,30). The summed E-state index contributed by atoms with van der Waals surface area (Å²) in [5.74, 6) is 0.0863. The van der Waals surface area contributed by atoms with Crippen molar-refractivity contribution in [2.24, 2.45) is 0 Å². The lowest BCUT2D eigenvalue weighted by Gasteiger charge is -2.27. The van der Waals surface area contributed by atoms with Crippen LogP contribution in [-0.4, -0.2) is 42.1 Å². The van der Waals surface area contributed by atoms with Gasteiger partial charge in [-0.2, -0.15) is 0 Å². The highest BCUT2D eigenvalue weighted by atomic mass is 35.5. The highest BCUT2D eigenvalue weighted by Gasteiger charge is 2.30. The van der Waals surface area contributed by atoms with Crippen LogP contribution in [0.15, 0.2) is 59.5 Å². The molecule has 0 aliphatic carbocycles. The summed E-state index contributed by atoms with van der Waals surface area (Å²) in [6.07, 6.45) is 0.181. The molecule has 0 radical (unpaired) electrons. The molecule has 1 N–H and O–H groups in total. The van der Waals surface area contributed by atoms with Gasteiger partial charge < -0.3 is 14.8 Å². The fourth-order valence-corrected chi connectivity index (χ4v) is 5.64. The van der Waals surface area contributed by atoms with Crippen LogP contribution in [0, 0.1) is 0 Å². The summed E-state index contributed by atoms with van der Waals surface area (Å²) in [6, 6.07) is 14.0.